The van der Waals surface area contributed by atoms with E-state index < -0.39 is 5.82 Å². The smallest absolute Gasteiger partial charge is 0.219 e. The second-order valence-electron chi connectivity index (χ2n) is 6.20. The van der Waals surface area contributed by atoms with Crippen LogP contribution in [0.4, 0.5) is 15.9 Å². The fraction of sp³-hybridized carbons (Fsp3) is 0.0455. The molecular formula is C22H16ClFN4O2. The number of hydrogen-bond donors (Lipinski definition) is 1. The third-order valence-corrected chi connectivity index (χ3v) is 4.63. The molecule has 0 fully saturated rings. The van der Waals surface area contributed by atoms with Crippen LogP contribution in [0.5, 0.6) is 17.4 Å². The molecule has 0 saturated heterocycles. The highest BCUT2D eigenvalue weighted by Gasteiger charge is 2.15. The van der Waals surface area contributed by atoms with Crippen LogP contribution in [-0.4, -0.2) is 22.1 Å². The number of methoxy groups -OCH3 is 1. The summed E-state index contributed by atoms with van der Waals surface area (Å²) in [4.78, 5) is 12.7. The lowest BCUT2D eigenvalue weighted by molar-refractivity contribution is 0.375. The van der Waals surface area contributed by atoms with Gasteiger partial charge in [0.1, 0.15) is 12.1 Å². The maximum absolute atomic E-state index is 14.3. The van der Waals surface area contributed by atoms with Gasteiger partial charge < -0.3 is 14.8 Å². The Hall–Kier alpha value is -3.71. The van der Waals surface area contributed by atoms with Crippen LogP contribution in [0.3, 0.4) is 0 Å². The van der Waals surface area contributed by atoms with Gasteiger partial charge in [-0.15, -0.1) is 0 Å². The van der Waals surface area contributed by atoms with Gasteiger partial charge in [-0.3, -0.25) is 0 Å². The Balaban J connectivity index is 1.78. The number of halogens is 2. The standard InChI is InChI=1S/C22H16ClFN4O2/c1-3-13-7-8-25-20(9-13)30-19-10-14-17(11-18(19)29-2)26-12-27-22(14)28-16-6-4-5-15(23)21(16)24/h3-12H,1H2,2H3,(H,26,27,28). The Labute approximate surface area is 177 Å². The van der Waals surface area contributed by atoms with Crippen molar-refractivity contribution in [3.05, 3.63) is 78.0 Å². The van der Waals surface area contributed by atoms with Gasteiger partial charge in [-0.25, -0.2) is 19.3 Å². The van der Waals surface area contributed by atoms with Crippen LogP contribution in [0, 0.1) is 5.82 Å². The van der Waals surface area contributed by atoms with E-state index in [1.165, 1.54) is 19.5 Å². The molecule has 6 nitrogen and oxygen atoms in total. The molecule has 0 unspecified atom stereocenters. The first-order valence-corrected chi connectivity index (χ1v) is 9.27. The molecule has 150 valence electrons. The number of nitrogens with zero attached hydrogens (tertiary/aromatic N) is 3. The number of ether oxygens (including phenoxy) is 2. The van der Waals surface area contributed by atoms with Gasteiger partial charge in [-0.1, -0.05) is 30.3 Å². The second kappa shape index (κ2) is 8.34. The minimum Gasteiger partial charge on any atom is -0.493 e. The highest BCUT2D eigenvalue weighted by atomic mass is 35.5. The minimum absolute atomic E-state index is 0.0113. The monoisotopic (exact) mass is 422 g/mol. The maximum atomic E-state index is 14.3. The van der Waals surface area contributed by atoms with Crippen molar-refractivity contribution in [2.24, 2.45) is 0 Å². The third-order valence-electron chi connectivity index (χ3n) is 4.33. The van der Waals surface area contributed by atoms with Crippen LogP contribution >= 0.6 is 11.6 Å². The van der Waals surface area contributed by atoms with E-state index in [0.29, 0.717) is 34.1 Å². The summed E-state index contributed by atoms with van der Waals surface area (Å²) in [5.74, 6) is 1.06. The van der Waals surface area contributed by atoms with E-state index in [0.717, 1.165) is 5.56 Å². The molecule has 8 heteroatoms. The zero-order valence-electron chi connectivity index (χ0n) is 15.9. The van der Waals surface area contributed by atoms with E-state index in [-0.39, 0.29) is 10.7 Å². The zero-order chi connectivity index (χ0) is 21.1. The predicted octanol–water partition coefficient (Wildman–Crippen LogP) is 6.00. The topological polar surface area (TPSA) is 69.2 Å². The quantitative estimate of drug-likeness (QED) is 0.410. The SMILES string of the molecule is C=Cc1ccnc(Oc2cc3c(Nc4cccc(Cl)c4F)ncnc3cc2OC)c1. The molecule has 0 aliphatic rings. The number of nitrogens with one attached hydrogen (secondary N) is 1. The van der Waals surface area contributed by atoms with Gasteiger partial charge in [0.05, 0.1) is 23.3 Å². The maximum Gasteiger partial charge on any atom is 0.219 e. The van der Waals surface area contributed by atoms with Crippen molar-refractivity contribution in [1.82, 2.24) is 15.0 Å². The second-order valence-corrected chi connectivity index (χ2v) is 6.61. The summed E-state index contributed by atoms with van der Waals surface area (Å²) < 4.78 is 25.7. The van der Waals surface area contributed by atoms with Gasteiger partial charge in [0, 0.05) is 23.7 Å². The Morgan fingerprint density at radius 3 is 2.77 bits per heavy atom. The predicted molar refractivity (Wildman–Crippen MR) is 115 cm³/mol. The van der Waals surface area contributed by atoms with Gasteiger partial charge in [0.15, 0.2) is 17.3 Å². The molecule has 0 radical (unpaired) electrons. The number of hydrogen-bond acceptors (Lipinski definition) is 6. The fourth-order valence-corrected chi connectivity index (χ4v) is 3.03. The Morgan fingerprint density at radius 1 is 1.10 bits per heavy atom. The lowest BCUT2D eigenvalue weighted by Gasteiger charge is -2.14. The first-order valence-electron chi connectivity index (χ1n) is 8.89. The lowest BCUT2D eigenvalue weighted by Crippen LogP contribution is -2.00. The average molecular weight is 423 g/mol. The number of benzene rings is 2. The van der Waals surface area contributed by atoms with E-state index in [1.54, 1.807) is 42.6 Å². The van der Waals surface area contributed by atoms with Crippen LogP contribution < -0.4 is 14.8 Å². The molecule has 4 aromatic rings. The zero-order valence-corrected chi connectivity index (χ0v) is 16.7. The molecule has 1 N–H and O–H groups in total. The van der Waals surface area contributed by atoms with Crippen molar-refractivity contribution in [2.45, 2.75) is 0 Å². The summed E-state index contributed by atoms with van der Waals surface area (Å²) in [5.41, 5.74) is 1.65. The number of rotatable bonds is 6. The normalized spacial score (nSPS) is 10.6. The Bertz CT molecular complexity index is 1250. The van der Waals surface area contributed by atoms with Crippen LogP contribution in [-0.2, 0) is 0 Å². The molecule has 2 aromatic carbocycles. The summed E-state index contributed by atoms with van der Waals surface area (Å²) in [7, 11) is 1.53. The van der Waals surface area contributed by atoms with E-state index in [1.807, 2.05) is 6.07 Å². The summed E-state index contributed by atoms with van der Waals surface area (Å²) in [6.45, 7) is 3.75. The highest BCUT2D eigenvalue weighted by Crippen LogP contribution is 2.37. The number of anilines is 2. The molecule has 0 saturated carbocycles. The first kappa shape index (κ1) is 19.6. The van der Waals surface area contributed by atoms with E-state index >= 15 is 0 Å². The van der Waals surface area contributed by atoms with Gasteiger partial charge in [-0.05, 0) is 29.8 Å². The molecule has 0 amide bonds. The summed E-state index contributed by atoms with van der Waals surface area (Å²) in [5, 5.41) is 3.58. The number of fused-ring (bicyclic) bond motifs is 1. The Kier molecular flexibility index (Phi) is 5.45. The van der Waals surface area contributed by atoms with Crippen molar-refractivity contribution in [1.29, 1.82) is 0 Å². The summed E-state index contributed by atoms with van der Waals surface area (Å²) >= 11 is 5.88. The molecule has 0 bridgehead atoms. The van der Waals surface area contributed by atoms with E-state index in [4.69, 9.17) is 21.1 Å². The van der Waals surface area contributed by atoms with Crippen LogP contribution in [0.25, 0.3) is 17.0 Å². The van der Waals surface area contributed by atoms with Crippen molar-refractivity contribution < 1.29 is 13.9 Å². The van der Waals surface area contributed by atoms with Crippen molar-refractivity contribution in [2.75, 3.05) is 12.4 Å². The molecule has 2 heterocycles. The van der Waals surface area contributed by atoms with Crippen LogP contribution in [0.1, 0.15) is 5.56 Å². The Morgan fingerprint density at radius 2 is 1.97 bits per heavy atom. The van der Waals surface area contributed by atoms with Crippen molar-refractivity contribution >= 4 is 40.1 Å². The van der Waals surface area contributed by atoms with E-state index in [9.17, 15) is 4.39 Å². The van der Waals surface area contributed by atoms with E-state index in [2.05, 4.69) is 26.8 Å². The van der Waals surface area contributed by atoms with Gasteiger partial charge >= 0.3 is 0 Å². The molecule has 4 rings (SSSR count). The molecule has 0 atom stereocenters. The van der Waals surface area contributed by atoms with Gasteiger partial charge in [0.25, 0.3) is 0 Å². The first-order chi connectivity index (χ1) is 14.6. The number of aromatic nitrogens is 3. The highest BCUT2D eigenvalue weighted by molar-refractivity contribution is 6.31. The minimum atomic E-state index is -0.568. The van der Waals surface area contributed by atoms with Gasteiger partial charge in [-0.2, -0.15) is 0 Å². The van der Waals surface area contributed by atoms with Crippen LogP contribution in [0.15, 0.2) is 61.6 Å². The summed E-state index contributed by atoms with van der Waals surface area (Å²) in [6, 6.07) is 11.7. The largest absolute Gasteiger partial charge is 0.493 e. The molecule has 0 aliphatic heterocycles. The van der Waals surface area contributed by atoms with Crippen molar-refractivity contribution in [3.63, 3.8) is 0 Å². The molecular weight excluding hydrogens is 407 g/mol. The van der Waals surface area contributed by atoms with Crippen LogP contribution in [0.2, 0.25) is 5.02 Å². The van der Waals surface area contributed by atoms with Crippen molar-refractivity contribution in [3.8, 4) is 17.4 Å². The number of pyridine rings is 1. The molecule has 0 aliphatic carbocycles. The average Bonchev–Trinajstić information content (AvgIpc) is 2.77. The molecule has 30 heavy (non-hydrogen) atoms. The lowest BCUT2D eigenvalue weighted by atomic mass is 10.2. The molecule has 0 spiro atoms. The fourth-order valence-electron chi connectivity index (χ4n) is 2.85. The van der Waals surface area contributed by atoms with Gasteiger partial charge in [0.2, 0.25) is 5.88 Å². The third kappa shape index (κ3) is 3.88. The summed E-state index contributed by atoms with van der Waals surface area (Å²) in [6.07, 6.45) is 4.70. The molecule has 2 aromatic heterocycles.